The molecule has 1 aromatic rings. The topological polar surface area (TPSA) is 51.8 Å². The number of thioether (sulfide) groups is 1. The van der Waals surface area contributed by atoms with Gasteiger partial charge in [0.05, 0.1) is 5.25 Å². The molecule has 2 rings (SSSR count). The maximum atomic E-state index is 5.88. The zero-order valence-corrected chi connectivity index (χ0v) is 11.5. The van der Waals surface area contributed by atoms with Gasteiger partial charge in [0.15, 0.2) is 0 Å². The lowest BCUT2D eigenvalue weighted by Gasteiger charge is -2.20. The fourth-order valence-electron chi connectivity index (χ4n) is 2.15. The van der Waals surface area contributed by atoms with E-state index in [0.717, 1.165) is 17.9 Å². The molecule has 1 aromatic heterocycles. The minimum atomic E-state index is 0.457. The Balaban J connectivity index is 2.18. The van der Waals surface area contributed by atoms with E-state index >= 15 is 0 Å². The molecular weight excluding hydrogens is 230 g/mol. The fourth-order valence-corrected chi connectivity index (χ4v) is 3.39. The van der Waals surface area contributed by atoms with Gasteiger partial charge in [-0.2, -0.15) is 11.8 Å². The molecule has 0 saturated carbocycles. The smallest absolute Gasteiger partial charge is 0.143 e. The van der Waals surface area contributed by atoms with Crippen LogP contribution >= 0.6 is 11.8 Å². The van der Waals surface area contributed by atoms with Gasteiger partial charge in [-0.3, -0.25) is 0 Å². The van der Waals surface area contributed by atoms with E-state index < -0.39 is 0 Å². The second-order valence-corrected chi connectivity index (χ2v) is 6.41. The molecule has 0 bridgehead atoms. The van der Waals surface area contributed by atoms with Crippen molar-refractivity contribution in [2.45, 2.75) is 44.8 Å². The van der Waals surface area contributed by atoms with Crippen LogP contribution in [-0.2, 0) is 6.42 Å². The molecule has 1 saturated heterocycles. The average molecular weight is 251 g/mol. The molecule has 1 aliphatic rings. The van der Waals surface area contributed by atoms with E-state index in [4.69, 9.17) is 5.73 Å². The predicted molar refractivity (Wildman–Crippen MR) is 74.0 cm³/mol. The van der Waals surface area contributed by atoms with E-state index in [1.165, 1.54) is 25.0 Å². The van der Waals surface area contributed by atoms with Crippen LogP contribution in [0.5, 0.6) is 0 Å². The Morgan fingerprint density at radius 1 is 1.41 bits per heavy atom. The monoisotopic (exact) mass is 251 g/mol. The Morgan fingerprint density at radius 3 is 2.88 bits per heavy atom. The molecular formula is C13H21N3S. The highest BCUT2D eigenvalue weighted by Gasteiger charge is 2.19. The third kappa shape index (κ3) is 3.60. The maximum absolute atomic E-state index is 5.88. The summed E-state index contributed by atoms with van der Waals surface area (Å²) in [6.07, 6.45) is 4.78. The highest BCUT2D eigenvalue weighted by molar-refractivity contribution is 7.99. The van der Waals surface area contributed by atoms with Gasteiger partial charge in [0.1, 0.15) is 11.6 Å². The van der Waals surface area contributed by atoms with Crippen molar-refractivity contribution in [1.29, 1.82) is 0 Å². The van der Waals surface area contributed by atoms with Gasteiger partial charge in [-0.15, -0.1) is 0 Å². The van der Waals surface area contributed by atoms with Crippen molar-refractivity contribution in [3.05, 3.63) is 17.6 Å². The first kappa shape index (κ1) is 12.7. The predicted octanol–water partition coefficient (Wildman–Crippen LogP) is 3.22. The lowest BCUT2D eigenvalue weighted by atomic mass is 10.1. The fraction of sp³-hybridized carbons (Fsp3) is 0.692. The Labute approximate surface area is 108 Å². The van der Waals surface area contributed by atoms with Crippen molar-refractivity contribution < 1.29 is 0 Å². The summed E-state index contributed by atoms with van der Waals surface area (Å²) >= 11 is 1.97. The zero-order valence-electron chi connectivity index (χ0n) is 10.6. The van der Waals surface area contributed by atoms with Crippen molar-refractivity contribution in [2.75, 3.05) is 11.5 Å². The molecule has 0 radical (unpaired) electrons. The second-order valence-electron chi connectivity index (χ2n) is 5.10. The molecule has 0 aromatic carbocycles. The zero-order chi connectivity index (χ0) is 12.3. The number of hydrogen-bond donors (Lipinski definition) is 1. The minimum absolute atomic E-state index is 0.457. The number of aromatic nitrogens is 2. The summed E-state index contributed by atoms with van der Waals surface area (Å²) in [5.41, 5.74) is 6.97. The first-order chi connectivity index (χ1) is 8.15. The number of hydrogen-bond acceptors (Lipinski definition) is 4. The van der Waals surface area contributed by atoms with Gasteiger partial charge in [-0.25, -0.2) is 9.97 Å². The first-order valence-corrected chi connectivity index (χ1v) is 7.45. The average Bonchev–Trinajstić information content (AvgIpc) is 2.28. The van der Waals surface area contributed by atoms with Crippen molar-refractivity contribution in [2.24, 2.45) is 5.92 Å². The summed E-state index contributed by atoms with van der Waals surface area (Å²) in [5, 5.41) is 0.457. The highest BCUT2D eigenvalue weighted by Crippen LogP contribution is 2.36. The van der Waals surface area contributed by atoms with Crippen molar-refractivity contribution >= 4 is 17.6 Å². The summed E-state index contributed by atoms with van der Waals surface area (Å²) in [6, 6.07) is 1.91. The van der Waals surface area contributed by atoms with Crippen LogP contribution in [0.4, 0.5) is 5.82 Å². The molecule has 0 aliphatic carbocycles. The lowest BCUT2D eigenvalue weighted by molar-refractivity contribution is 0.620. The molecule has 1 aliphatic heterocycles. The van der Waals surface area contributed by atoms with Crippen LogP contribution in [-0.4, -0.2) is 15.7 Å². The largest absolute Gasteiger partial charge is 0.384 e. The van der Waals surface area contributed by atoms with E-state index in [0.29, 0.717) is 17.0 Å². The van der Waals surface area contributed by atoms with Crippen molar-refractivity contribution in [3.8, 4) is 0 Å². The molecule has 2 N–H and O–H groups in total. The Bertz CT molecular complexity index is 373. The molecule has 94 valence electrons. The van der Waals surface area contributed by atoms with E-state index in [9.17, 15) is 0 Å². The van der Waals surface area contributed by atoms with E-state index in [1.807, 2.05) is 17.8 Å². The normalized spacial score (nSPS) is 20.8. The third-order valence-corrected chi connectivity index (χ3v) is 4.27. The van der Waals surface area contributed by atoms with Crippen molar-refractivity contribution in [1.82, 2.24) is 9.97 Å². The van der Waals surface area contributed by atoms with Gasteiger partial charge in [-0.05, 0) is 30.9 Å². The quantitative estimate of drug-likeness (QED) is 0.896. The molecule has 1 unspecified atom stereocenters. The first-order valence-electron chi connectivity index (χ1n) is 6.40. The Hall–Kier alpha value is -0.770. The second kappa shape index (κ2) is 5.71. The standard InChI is InChI=1S/C13H21N3S/c1-9(2)7-10-8-12(14)16-13(15-10)11-5-3-4-6-17-11/h8-9,11H,3-7H2,1-2H3,(H2,14,15,16). The number of rotatable bonds is 3. The van der Waals surface area contributed by atoms with Gasteiger partial charge in [0.2, 0.25) is 0 Å². The molecule has 1 atom stereocenters. The van der Waals surface area contributed by atoms with Crippen LogP contribution in [0.15, 0.2) is 6.07 Å². The summed E-state index contributed by atoms with van der Waals surface area (Å²) in [4.78, 5) is 9.10. The van der Waals surface area contributed by atoms with Crippen LogP contribution in [0, 0.1) is 5.92 Å². The molecule has 17 heavy (non-hydrogen) atoms. The molecule has 2 heterocycles. The third-order valence-electron chi connectivity index (χ3n) is 2.90. The summed E-state index contributed by atoms with van der Waals surface area (Å²) in [5.74, 6) is 3.40. The van der Waals surface area contributed by atoms with Gasteiger partial charge in [0, 0.05) is 11.8 Å². The van der Waals surface area contributed by atoms with Crippen LogP contribution in [0.25, 0.3) is 0 Å². The molecule has 3 nitrogen and oxygen atoms in total. The lowest BCUT2D eigenvalue weighted by Crippen LogP contribution is -2.10. The van der Waals surface area contributed by atoms with Crippen LogP contribution in [0.2, 0.25) is 0 Å². The van der Waals surface area contributed by atoms with E-state index in [2.05, 4.69) is 23.8 Å². The molecule has 0 amide bonds. The van der Waals surface area contributed by atoms with Crippen LogP contribution in [0.1, 0.15) is 49.9 Å². The van der Waals surface area contributed by atoms with Gasteiger partial charge >= 0.3 is 0 Å². The van der Waals surface area contributed by atoms with Gasteiger partial charge in [-0.1, -0.05) is 20.3 Å². The number of nitrogens with zero attached hydrogens (tertiary/aromatic N) is 2. The van der Waals surface area contributed by atoms with E-state index in [-0.39, 0.29) is 0 Å². The Kier molecular flexibility index (Phi) is 4.26. The van der Waals surface area contributed by atoms with Gasteiger partial charge in [0.25, 0.3) is 0 Å². The van der Waals surface area contributed by atoms with Crippen LogP contribution < -0.4 is 5.73 Å². The van der Waals surface area contributed by atoms with Crippen molar-refractivity contribution in [3.63, 3.8) is 0 Å². The summed E-state index contributed by atoms with van der Waals surface area (Å²) in [7, 11) is 0. The SMILES string of the molecule is CC(C)Cc1cc(N)nc(C2CCCCS2)n1. The number of nitrogens with two attached hydrogens (primary N) is 1. The maximum Gasteiger partial charge on any atom is 0.143 e. The van der Waals surface area contributed by atoms with E-state index in [1.54, 1.807) is 0 Å². The van der Waals surface area contributed by atoms with Gasteiger partial charge < -0.3 is 5.73 Å². The summed E-state index contributed by atoms with van der Waals surface area (Å²) < 4.78 is 0. The molecule has 0 spiro atoms. The number of anilines is 1. The Morgan fingerprint density at radius 2 is 2.24 bits per heavy atom. The minimum Gasteiger partial charge on any atom is -0.384 e. The highest BCUT2D eigenvalue weighted by atomic mass is 32.2. The number of nitrogen functional groups attached to an aromatic ring is 1. The molecule has 1 fully saturated rings. The summed E-state index contributed by atoms with van der Waals surface area (Å²) in [6.45, 7) is 4.40. The molecule has 4 heteroatoms. The van der Waals surface area contributed by atoms with Crippen LogP contribution in [0.3, 0.4) is 0 Å².